The molecular weight excluding hydrogens is 162 g/mol. The van der Waals surface area contributed by atoms with Gasteiger partial charge in [-0.3, -0.25) is 0 Å². The zero-order chi connectivity index (χ0) is 9.68. The van der Waals surface area contributed by atoms with Crippen LogP contribution >= 0.6 is 0 Å². The van der Waals surface area contributed by atoms with Gasteiger partial charge in [-0.05, 0) is 17.0 Å². The molecule has 0 unspecified atom stereocenters. The number of nitrogens with zero attached hydrogens (tertiary/aromatic N) is 3. The number of hydrogen-bond donors (Lipinski definition) is 0. The van der Waals surface area contributed by atoms with Crippen molar-refractivity contribution in [2.24, 2.45) is 5.11 Å². The lowest BCUT2D eigenvalue weighted by molar-refractivity contribution is 0.610. The van der Waals surface area contributed by atoms with E-state index in [2.05, 4.69) is 16.9 Å². The van der Waals surface area contributed by atoms with Crippen LogP contribution in [0.4, 0.5) is 0 Å². The molecule has 0 radical (unpaired) electrons. The highest BCUT2D eigenvalue weighted by Gasteiger charge is 2.11. The van der Waals surface area contributed by atoms with Crippen LogP contribution in [0.2, 0.25) is 0 Å². The van der Waals surface area contributed by atoms with Crippen molar-refractivity contribution in [1.29, 1.82) is 0 Å². The van der Waals surface area contributed by atoms with Gasteiger partial charge in [-0.25, -0.2) is 0 Å². The molecule has 1 aromatic rings. The first-order valence-corrected chi connectivity index (χ1v) is 4.35. The molecule has 0 aromatic heterocycles. The molecule has 0 fully saturated rings. The van der Waals surface area contributed by atoms with Crippen LogP contribution in [0.5, 0.6) is 0 Å². The van der Waals surface area contributed by atoms with Crippen molar-refractivity contribution in [2.45, 2.75) is 25.8 Å². The van der Waals surface area contributed by atoms with Crippen molar-refractivity contribution in [3.8, 4) is 0 Å². The Labute approximate surface area is 78.0 Å². The van der Waals surface area contributed by atoms with Crippen molar-refractivity contribution in [2.75, 3.05) is 0 Å². The Kier molecular flexibility index (Phi) is 3.35. The van der Waals surface area contributed by atoms with E-state index in [1.807, 2.05) is 37.3 Å². The average molecular weight is 175 g/mol. The predicted octanol–water partition coefficient (Wildman–Crippen LogP) is 3.49. The second kappa shape index (κ2) is 4.53. The van der Waals surface area contributed by atoms with Gasteiger partial charge in [-0.2, -0.15) is 0 Å². The highest BCUT2D eigenvalue weighted by atomic mass is 15.1. The Morgan fingerprint density at radius 1 is 1.23 bits per heavy atom. The molecule has 1 rings (SSSR count). The summed E-state index contributed by atoms with van der Waals surface area (Å²) in [4.78, 5) is 2.81. The molecule has 2 atom stereocenters. The van der Waals surface area contributed by atoms with E-state index < -0.39 is 0 Å². The molecule has 0 aliphatic carbocycles. The molecular formula is C10H13N3. The molecule has 13 heavy (non-hydrogen) atoms. The lowest BCUT2D eigenvalue weighted by Gasteiger charge is -2.14. The molecule has 0 amide bonds. The van der Waals surface area contributed by atoms with E-state index in [4.69, 9.17) is 5.53 Å². The zero-order valence-corrected chi connectivity index (χ0v) is 7.88. The van der Waals surface area contributed by atoms with Crippen molar-refractivity contribution in [1.82, 2.24) is 0 Å². The van der Waals surface area contributed by atoms with Gasteiger partial charge in [0, 0.05) is 11.0 Å². The Balaban J connectivity index is 2.79. The van der Waals surface area contributed by atoms with Gasteiger partial charge in [0.15, 0.2) is 0 Å². The Morgan fingerprint density at radius 3 is 2.38 bits per heavy atom. The molecule has 0 heterocycles. The van der Waals surface area contributed by atoms with E-state index in [1.165, 1.54) is 5.56 Å². The summed E-state index contributed by atoms with van der Waals surface area (Å²) in [6.07, 6.45) is 0. The van der Waals surface area contributed by atoms with Gasteiger partial charge >= 0.3 is 0 Å². The van der Waals surface area contributed by atoms with Crippen LogP contribution in [0.1, 0.15) is 25.3 Å². The second-order valence-corrected chi connectivity index (χ2v) is 3.14. The number of rotatable bonds is 3. The van der Waals surface area contributed by atoms with E-state index >= 15 is 0 Å². The first-order chi connectivity index (χ1) is 6.25. The van der Waals surface area contributed by atoms with E-state index in [0.717, 1.165) is 0 Å². The topological polar surface area (TPSA) is 48.8 Å². The highest BCUT2D eigenvalue weighted by molar-refractivity contribution is 5.20. The molecule has 0 aliphatic heterocycles. The maximum absolute atomic E-state index is 8.29. The van der Waals surface area contributed by atoms with Crippen LogP contribution in [0, 0.1) is 0 Å². The fourth-order valence-electron chi connectivity index (χ4n) is 1.22. The molecule has 0 saturated carbocycles. The second-order valence-electron chi connectivity index (χ2n) is 3.14. The maximum Gasteiger partial charge on any atom is 0.0411 e. The third-order valence-electron chi connectivity index (χ3n) is 2.28. The first-order valence-electron chi connectivity index (χ1n) is 4.35. The summed E-state index contributed by atoms with van der Waals surface area (Å²) >= 11 is 0. The molecule has 0 bridgehead atoms. The fraction of sp³-hybridized carbons (Fsp3) is 0.400. The minimum atomic E-state index is 0.00685. The van der Waals surface area contributed by atoms with Crippen LogP contribution in [0.15, 0.2) is 35.4 Å². The number of azide groups is 1. The molecule has 3 nitrogen and oxygen atoms in total. The number of hydrogen-bond acceptors (Lipinski definition) is 1. The summed E-state index contributed by atoms with van der Waals surface area (Å²) < 4.78 is 0. The Bertz CT molecular complexity index is 301. The van der Waals surface area contributed by atoms with Crippen molar-refractivity contribution < 1.29 is 0 Å². The first kappa shape index (κ1) is 9.62. The Hall–Kier alpha value is -1.47. The molecule has 0 spiro atoms. The maximum atomic E-state index is 8.29. The van der Waals surface area contributed by atoms with Crippen LogP contribution in [-0.2, 0) is 0 Å². The average Bonchev–Trinajstić information content (AvgIpc) is 2.18. The lowest BCUT2D eigenvalue weighted by Crippen LogP contribution is -2.08. The summed E-state index contributed by atoms with van der Waals surface area (Å²) in [5.74, 6) is 0.275. The van der Waals surface area contributed by atoms with Crippen molar-refractivity contribution >= 4 is 0 Å². The minimum Gasteiger partial charge on any atom is -0.0903 e. The molecule has 68 valence electrons. The molecule has 0 aliphatic rings. The van der Waals surface area contributed by atoms with Crippen LogP contribution in [-0.4, -0.2) is 6.04 Å². The zero-order valence-electron chi connectivity index (χ0n) is 7.88. The molecule has 0 saturated heterocycles. The van der Waals surface area contributed by atoms with E-state index in [1.54, 1.807) is 0 Å². The molecule has 1 aromatic carbocycles. The van der Waals surface area contributed by atoms with Gasteiger partial charge in [0.1, 0.15) is 0 Å². The van der Waals surface area contributed by atoms with Gasteiger partial charge < -0.3 is 0 Å². The summed E-state index contributed by atoms with van der Waals surface area (Å²) in [6.45, 7) is 3.99. The van der Waals surface area contributed by atoms with E-state index in [0.29, 0.717) is 0 Å². The van der Waals surface area contributed by atoms with Gasteiger partial charge in [0.25, 0.3) is 0 Å². The molecule has 0 N–H and O–H groups in total. The Morgan fingerprint density at radius 2 is 1.85 bits per heavy atom. The monoisotopic (exact) mass is 175 g/mol. The van der Waals surface area contributed by atoms with Crippen LogP contribution < -0.4 is 0 Å². The third kappa shape index (κ3) is 2.49. The summed E-state index contributed by atoms with van der Waals surface area (Å²) in [7, 11) is 0. The van der Waals surface area contributed by atoms with Crippen LogP contribution in [0.3, 0.4) is 0 Å². The highest BCUT2D eigenvalue weighted by Crippen LogP contribution is 2.20. The predicted molar refractivity (Wildman–Crippen MR) is 53.5 cm³/mol. The SMILES string of the molecule is C[C@H](N=[N+]=[N-])[C@@H](C)c1ccccc1. The lowest BCUT2D eigenvalue weighted by atomic mass is 9.95. The van der Waals surface area contributed by atoms with Crippen LogP contribution in [0.25, 0.3) is 10.4 Å². The normalized spacial score (nSPS) is 14.3. The van der Waals surface area contributed by atoms with Gasteiger partial charge in [-0.15, -0.1) is 0 Å². The summed E-state index contributed by atoms with van der Waals surface area (Å²) in [5, 5.41) is 3.68. The third-order valence-corrected chi connectivity index (χ3v) is 2.28. The van der Waals surface area contributed by atoms with Gasteiger partial charge in [-0.1, -0.05) is 49.3 Å². The van der Waals surface area contributed by atoms with Gasteiger partial charge in [0.05, 0.1) is 0 Å². The largest absolute Gasteiger partial charge is 0.0903 e. The van der Waals surface area contributed by atoms with E-state index in [-0.39, 0.29) is 12.0 Å². The quantitative estimate of drug-likeness (QED) is 0.383. The fourth-order valence-corrected chi connectivity index (χ4v) is 1.22. The summed E-state index contributed by atoms with van der Waals surface area (Å²) in [5.41, 5.74) is 9.50. The van der Waals surface area contributed by atoms with Gasteiger partial charge in [0.2, 0.25) is 0 Å². The summed E-state index contributed by atoms with van der Waals surface area (Å²) in [6, 6.07) is 10.1. The number of benzene rings is 1. The van der Waals surface area contributed by atoms with Crippen molar-refractivity contribution in [3.63, 3.8) is 0 Å². The van der Waals surface area contributed by atoms with E-state index in [9.17, 15) is 0 Å². The van der Waals surface area contributed by atoms with Crippen molar-refractivity contribution in [3.05, 3.63) is 46.3 Å². The molecule has 3 heteroatoms. The minimum absolute atomic E-state index is 0.00685. The standard InChI is InChI=1S/C10H13N3/c1-8(9(2)12-13-11)10-6-4-3-5-7-10/h3-9H,1-2H3/t8-,9+/m1/s1. The smallest absolute Gasteiger partial charge is 0.0411 e.